The smallest absolute Gasteiger partial charge is 0.348 e. The normalized spacial score (nSPS) is 11.0. The van der Waals surface area contributed by atoms with E-state index in [0.717, 1.165) is 0 Å². The number of carbonyl (C=O) groups excluding carboxylic acids is 1. The highest BCUT2D eigenvalue weighted by Gasteiger charge is 2.11. The first kappa shape index (κ1) is 16.6. The van der Waals surface area contributed by atoms with Gasteiger partial charge in [0, 0.05) is 0 Å². The molecule has 0 unspecified atom stereocenters. The highest BCUT2D eigenvalue weighted by atomic mass is 16.5. The molecular formula is C16H19NO4. The molecule has 0 fully saturated rings. The summed E-state index contributed by atoms with van der Waals surface area (Å²) in [6.07, 6.45) is 1.48. The van der Waals surface area contributed by atoms with E-state index in [-0.39, 0.29) is 18.3 Å². The highest BCUT2D eigenvalue weighted by molar-refractivity contribution is 5.97. The summed E-state index contributed by atoms with van der Waals surface area (Å²) in [6.45, 7) is 5.75. The van der Waals surface area contributed by atoms with Gasteiger partial charge in [-0.15, -0.1) is 0 Å². The molecule has 0 aliphatic rings. The zero-order valence-electron chi connectivity index (χ0n) is 12.7. The van der Waals surface area contributed by atoms with Gasteiger partial charge in [0.25, 0.3) is 0 Å². The van der Waals surface area contributed by atoms with E-state index in [2.05, 4.69) is 0 Å². The lowest BCUT2D eigenvalue weighted by Gasteiger charge is -2.13. The maximum atomic E-state index is 11.6. The Morgan fingerprint density at radius 3 is 2.62 bits per heavy atom. The predicted molar refractivity (Wildman–Crippen MR) is 79.0 cm³/mol. The molecule has 5 nitrogen and oxygen atoms in total. The number of carbonyl (C=O) groups is 1. The molecule has 0 bridgehead atoms. The summed E-state index contributed by atoms with van der Waals surface area (Å²) in [5, 5.41) is 9.01. The number of methoxy groups -OCH3 is 1. The SMILES string of the molecule is CCOC(=O)/C(C#N)=C/c1ccc(OC(C)C)c(OC)c1. The van der Waals surface area contributed by atoms with Crippen LogP contribution in [0.15, 0.2) is 23.8 Å². The molecule has 1 aromatic rings. The first-order valence-corrected chi connectivity index (χ1v) is 6.65. The maximum Gasteiger partial charge on any atom is 0.348 e. The molecular weight excluding hydrogens is 270 g/mol. The van der Waals surface area contributed by atoms with E-state index in [4.69, 9.17) is 19.5 Å². The summed E-state index contributed by atoms with van der Waals surface area (Å²) in [5.74, 6) is 0.513. The van der Waals surface area contributed by atoms with Gasteiger partial charge in [-0.3, -0.25) is 0 Å². The molecule has 1 rings (SSSR count). The van der Waals surface area contributed by atoms with Crippen LogP contribution in [0.3, 0.4) is 0 Å². The van der Waals surface area contributed by atoms with Crippen molar-refractivity contribution in [2.75, 3.05) is 13.7 Å². The fraction of sp³-hybridized carbons (Fsp3) is 0.375. The number of esters is 1. The molecule has 0 aliphatic carbocycles. The van der Waals surface area contributed by atoms with Crippen molar-refractivity contribution < 1.29 is 19.0 Å². The lowest BCUT2D eigenvalue weighted by atomic mass is 10.1. The van der Waals surface area contributed by atoms with Gasteiger partial charge in [0.05, 0.1) is 19.8 Å². The predicted octanol–water partition coefficient (Wildman–Crippen LogP) is 2.95. The number of ether oxygens (including phenoxy) is 3. The van der Waals surface area contributed by atoms with Gasteiger partial charge >= 0.3 is 5.97 Å². The van der Waals surface area contributed by atoms with Crippen molar-refractivity contribution >= 4 is 12.0 Å². The highest BCUT2D eigenvalue weighted by Crippen LogP contribution is 2.29. The van der Waals surface area contributed by atoms with Crippen molar-refractivity contribution in [3.05, 3.63) is 29.3 Å². The molecule has 0 N–H and O–H groups in total. The van der Waals surface area contributed by atoms with E-state index < -0.39 is 5.97 Å². The van der Waals surface area contributed by atoms with Gasteiger partial charge in [0.15, 0.2) is 11.5 Å². The van der Waals surface area contributed by atoms with Crippen LogP contribution in [-0.4, -0.2) is 25.8 Å². The van der Waals surface area contributed by atoms with Gasteiger partial charge in [-0.1, -0.05) is 6.07 Å². The van der Waals surface area contributed by atoms with Gasteiger partial charge in [-0.05, 0) is 44.5 Å². The molecule has 5 heteroatoms. The quantitative estimate of drug-likeness (QED) is 0.457. The minimum absolute atomic E-state index is 0.0227. The Bertz CT molecular complexity index is 570. The molecule has 21 heavy (non-hydrogen) atoms. The molecule has 112 valence electrons. The van der Waals surface area contributed by atoms with Crippen molar-refractivity contribution in [3.63, 3.8) is 0 Å². The molecule has 0 amide bonds. The summed E-state index contributed by atoms with van der Waals surface area (Å²) in [6, 6.07) is 7.02. The second-order valence-electron chi connectivity index (χ2n) is 4.47. The Kier molecular flexibility index (Phi) is 6.28. The fourth-order valence-corrected chi connectivity index (χ4v) is 1.64. The molecule has 0 atom stereocenters. The Morgan fingerprint density at radius 1 is 1.38 bits per heavy atom. The van der Waals surface area contributed by atoms with Crippen LogP contribution in [0.5, 0.6) is 11.5 Å². The van der Waals surface area contributed by atoms with Gasteiger partial charge in [0.1, 0.15) is 11.6 Å². The molecule has 0 saturated heterocycles. The monoisotopic (exact) mass is 289 g/mol. The Labute approximate surface area is 124 Å². The number of nitrogens with zero attached hydrogens (tertiary/aromatic N) is 1. The first-order chi connectivity index (χ1) is 10.0. The average molecular weight is 289 g/mol. The topological polar surface area (TPSA) is 68.6 Å². The Morgan fingerprint density at radius 2 is 2.10 bits per heavy atom. The van der Waals surface area contributed by atoms with Crippen LogP contribution >= 0.6 is 0 Å². The third-order valence-corrected chi connectivity index (χ3v) is 2.48. The lowest BCUT2D eigenvalue weighted by Crippen LogP contribution is -2.07. The summed E-state index contributed by atoms with van der Waals surface area (Å²) >= 11 is 0. The average Bonchev–Trinajstić information content (AvgIpc) is 2.45. The molecule has 0 heterocycles. The van der Waals surface area contributed by atoms with Crippen LogP contribution in [-0.2, 0) is 9.53 Å². The summed E-state index contributed by atoms with van der Waals surface area (Å²) in [5.41, 5.74) is 0.601. The first-order valence-electron chi connectivity index (χ1n) is 6.65. The summed E-state index contributed by atoms with van der Waals surface area (Å²) in [7, 11) is 1.53. The van der Waals surface area contributed by atoms with Crippen LogP contribution in [0.1, 0.15) is 26.3 Å². The van der Waals surface area contributed by atoms with Crippen LogP contribution in [0.25, 0.3) is 6.08 Å². The van der Waals surface area contributed by atoms with Gasteiger partial charge in [-0.25, -0.2) is 4.79 Å². The Hall–Kier alpha value is -2.48. The minimum atomic E-state index is -0.638. The maximum absolute atomic E-state index is 11.6. The van der Waals surface area contributed by atoms with Crippen molar-refractivity contribution in [2.24, 2.45) is 0 Å². The summed E-state index contributed by atoms with van der Waals surface area (Å²) < 4.78 is 15.7. The van der Waals surface area contributed by atoms with Gasteiger partial charge < -0.3 is 14.2 Å². The molecule has 0 aromatic heterocycles. The molecule has 0 radical (unpaired) electrons. The lowest BCUT2D eigenvalue weighted by molar-refractivity contribution is -0.137. The van der Waals surface area contributed by atoms with E-state index in [1.807, 2.05) is 19.9 Å². The molecule has 0 aliphatic heterocycles. The second kappa shape index (κ2) is 7.95. The largest absolute Gasteiger partial charge is 0.493 e. The van der Waals surface area contributed by atoms with E-state index >= 15 is 0 Å². The van der Waals surface area contributed by atoms with Crippen LogP contribution in [0.4, 0.5) is 0 Å². The van der Waals surface area contributed by atoms with E-state index in [9.17, 15) is 4.79 Å². The third-order valence-electron chi connectivity index (χ3n) is 2.48. The minimum Gasteiger partial charge on any atom is -0.493 e. The van der Waals surface area contributed by atoms with E-state index in [0.29, 0.717) is 17.1 Å². The number of nitriles is 1. The van der Waals surface area contributed by atoms with Crippen molar-refractivity contribution in [1.29, 1.82) is 5.26 Å². The fourth-order valence-electron chi connectivity index (χ4n) is 1.64. The van der Waals surface area contributed by atoms with Crippen molar-refractivity contribution in [1.82, 2.24) is 0 Å². The second-order valence-corrected chi connectivity index (χ2v) is 4.47. The van der Waals surface area contributed by atoms with Crippen LogP contribution in [0.2, 0.25) is 0 Å². The number of rotatable bonds is 6. The molecule has 0 saturated carbocycles. The Balaban J connectivity index is 3.09. The van der Waals surface area contributed by atoms with E-state index in [1.54, 1.807) is 25.1 Å². The standard InChI is InChI=1S/C16H19NO4/c1-5-20-16(18)13(10-17)8-12-6-7-14(21-11(2)3)15(9-12)19-4/h6-9,11H,5H2,1-4H3/b13-8+. The van der Waals surface area contributed by atoms with Crippen molar-refractivity contribution in [3.8, 4) is 17.6 Å². The number of benzene rings is 1. The zero-order chi connectivity index (χ0) is 15.8. The number of hydrogen-bond acceptors (Lipinski definition) is 5. The van der Waals surface area contributed by atoms with Gasteiger partial charge in [-0.2, -0.15) is 5.26 Å². The number of hydrogen-bond donors (Lipinski definition) is 0. The van der Waals surface area contributed by atoms with Crippen LogP contribution < -0.4 is 9.47 Å². The third kappa shape index (κ3) is 4.84. The summed E-state index contributed by atoms with van der Waals surface area (Å²) in [4.78, 5) is 11.6. The van der Waals surface area contributed by atoms with Crippen molar-refractivity contribution in [2.45, 2.75) is 26.9 Å². The molecule has 1 aromatic carbocycles. The molecule has 0 spiro atoms. The van der Waals surface area contributed by atoms with Crippen LogP contribution in [0, 0.1) is 11.3 Å². The van der Waals surface area contributed by atoms with E-state index in [1.165, 1.54) is 13.2 Å². The van der Waals surface area contributed by atoms with Gasteiger partial charge in [0.2, 0.25) is 0 Å². The zero-order valence-corrected chi connectivity index (χ0v) is 12.7.